The van der Waals surface area contributed by atoms with Gasteiger partial charge in [0.05, 0.1) is 6.04 Å². The second kappa shape index (κ2) is 6.57. The van der Waals surface area contributed by atoms with Crippen molar-refractivity contribution in [1.82, 2.24) is 5.32 Å². The summed E-state index contributed by atoms with van der Waals surface area (Å²) in [6, 6.07) is 10.1. The van der Waals surface area contributed by atoms with E-state index in [1.54, 1.807) is 12.1 Å². The molecule has 0 heterocycles. The lowest BCUT2D eigenvalue weighted by Gasteiger charge is -2.21. The lowest BCUT2D eigenvalue weighted by Crippen LogP contribution is -2.22. The number of hydrogen-bond donors (Lipinski definition) is 1. The summed E-state index contributed by atoms with van der Waals surface area (Å²) in [6.07, 6.45) is 0. The summed E-state index contributed by atoms with van der Waals surface area (Å²) in [6.45, 7) is 4.61. The zero-order valence-electron chi connectivity index (χ0n) is 11.4. The van der Waals surface area contributed by atoms with E-state index in [0.717, 1.165) is 23.2 Å². The predicted molar refractivity (Wildman–Crippen MR) is 83.1 cm³/mol. The van der Waals surface area contributed by atoms with Crippen molar-refractivity contribution in [2.24, 2.45) is 0 Å². The fourth-order valence-corrected chi connectivity index (χ4v) is 2.69. The SMILES string of the molecule is CCNC(c1cc(C)cc(F)c1)c1cc(Cl)ccc1Cl. The van der Waals surface area contributed by atoms with Crippen LogP contribution in [-0.4, -0.2) is 6.54 Å². The van der Waals surface area contributed by atoms with Crippen LogP contribution in [-0.2, 0) is 0 Å². The maximum Gasteiger partial charge on any atom is 0.123 e. The van der Waals surface area contributed by atoms with E-state index in [0.29, 0.717) is 10.0 Å². The Hall–Kier alpha value is -1.09. The minimum Gasteiger partial charge on any atom is -0.306 e. The van der Waals surface area contributed by atoms with Crippen LogP contribution in [0, 0.1) is 12.7 Å². The van der Waals surface area contributed by atoms with Crippen LogP contribution in [0.4, 0.5) is 4.39 Å². The van der Waals surface area contributed by atoms with Gasteiger partial charge in [-0.2, -0.15) is 0 Å². The Morgan fingerprint density at radius 3 is 2.55 bits per heavy atom. The van der Waals surface area contributed by atoms with Crippen LogP contribution in [0.1, 0.15) is 29.7 Å². The van der Waals surface area contributed by atoms with Gasteiger partial charge in [-0.25, -0.2) is 4.39 Å². The fraction of sp³-hybridized carbons (Fsp3) is 0.250. The Morgan fingerprint density at radius 2 is 1.90 bits per heavy atom. The van der Waals surface area contributed by atoms with Crippen molar-refractivity contribution in [3.05, 3.63) is 69.0 Å². The molecule has 0 amide bonds. The molecule has 0 saturated carbocycles. The quantitative estimate of drug-likeness (QED) is 0.824. The first-order valence-corrected chi connectivity index (χ1v) is 7.22. The van der Waals surface area contributed by atoms with Gasteiger partial charge in [0.1, 0.15) is 5.82 Å². The largest absolute Gasteiger partial charge is 0.306 e. The van der Waals surface area contributed by atoms with Crippen LogP contribution >= 0.6 is 23.2 Å². The molecule has 0 radical (unpaired) electrons. The smallest absolute Gasteiger partial charge is 0.123 e. The van der Waals surface area contributed by atoms with Crippen LogP contribution in [0.5, 0.6) is 0 Å². The first-order valence-electron chi connectivity index (χ1n) is 6.46. The molecular formula is C16H16Cl2FN. The van der Waals surface area contributed by atoms with E-state index in [2.05, 4.69) is 5.32 Å². The van der Waals surface area contributed by atoms with E-state index in [1.807, 2.05) is 26.0 Å². The number of hydrogen-bond acceptors (Lipinski definition) is 1. The van der Waals surface area contributed by atoms with Gasteiger partial charge in [0.15, 0.2) is 0 Å². The van der Waals surface area contributed by atoms with E-state index in [4.69, 9.17) is 23.2 Å². The Kier molecular flexibility index (Phi) is 5.03. The zero-order valence-corrected chi connectivity index (χ0v) is 12.9. The summed E-state index contributed by atoms with van der Waals surface area (Å²) < 4.78 is 13.6. The highest BCUT2D eigenvalue weighted by Crippen LogP contribution is 2.31. The molecule has 0 bridgehead atoms. The molecule has 0 saturated heterocycles. The van der Waals surface area contributed by atoms with Gasteiger partial charge in [-0.3, -0.25) is 0 Å². The highest BCUT2D eigenvalue weighted by molar-refractivity contribution is 6.33. The molecule has 20 heavy (non-hydrogen) atoms. The van der Waals surface area contributed by atoms with Gasteiger partial charge in [0, 0.05) is 10.0 Å². The highest BCUT2D eigenvalue weighted by atomic mass is 35.5. The van der Waals surface area contributed by atoms with Crippen molar-refractivity contribution < 1.29 is 4.39 Å². The van der Waals surface area contributed by atoms with Crippen LogP contribution in [0.15, 0.2) is 36.4 Å². The maximum absolute atomic E-state index is 13.6. The first-order chi connectivity index (χ1) is 9.51. The molecule has 0 fully saturated rings. The minimum atomic E-state index is -0.249. The van der Waals surface area contributed by atoms with E-state index < -0.39 is 0 Å². The first kappa shape index (κ1) is 15.3. The molecule has 2 rings (SSSR count). The van der Waals surface area contributed by atoms with Crippen molar-refractivity contribution in [3.63, 3.8) is 0 Å². The molecule has 1 atom stereocenters. The van der Waals surface area contributed by atoms with Gasteiger partial charge in [-0.05, 0) is 60.5 Å². The standard InChI is InChI=1S/C16H16Cl2FN/c1-3-20-16(11-6-10(2)7-13(19)8-11)14-9-12(17)4-5-15(14)18/h4-9,16,20H,3H2,1-2H3. The molecule has 4 heteroatoms. The van der Waals surface area contributed by atoms with Gasteiger partial charge < -0.3 is 5.32 Å². The molecule has 1 unspecified atom stereocenters. The summed E-state index contributed by atoms with van der Waals surface area (Å²) in [4.78, 5) is 0. The molecule has 1 N–H and O–H groups in total. The molecule has 0 aliphatic heterocycles. The fourth-order valence-electron chi connectivity index (χ4n) is 2.28. The molecule has 2 aromatic carbocycles. The molecule has 0 spiro atoms. The number of rotatable bonds is 4. The lowest BCUT2D eigenvalue weighted by molar-refractivity contribution is 0.602. The number of aryl methyl sites for hydroxylation is 1. The monoisotopic (exact) mass is 311 g/mol. The van der Waals surface area contributed by atoms with Gasteiger partial charge in [0.25, 0.3) is 0 Å². The van der Waals surface area contributed by atoms with Crippen molar-refractivity contribution in [3.8, 4) is 0 Å². The Labute approximate surface area is 128 Å². The Balaban J connectivity index is 2.52. The zero-order chi connectivity index (χ0) is 14.7. The number of benzene rings is 2. The predicted octanol–water partition coefficient (Wildman–Crippen LogP) is 5.14. The highest BCUT2D eigenvalue weighted by Gasteiger charge is 2.17. The summed E-state index contributed by atoms with van der Waals surface area (Å²) in [5, 5.41) is 4.55. The van der Waals surface area contributed by atoms with Gasteiger partial charge in [0.2, 0.25) is 0 Å². The summed E-state index contributed by atoms with van der Waals surface area (Å²) in [7, 11) is 0. The van der Waals surface area contributed by atoms with Crippen molar-refractivity contribution in [2.75, 3.05) is 6.54 Å². The third-order valence-corrected chi connectivity index (χ3v) is 3.65. The average Bonchev–Trinajstić information content (AvgIpc) is 2.38. The molecule has 0 aliphatic rings. The van der Waals surface area contributed by atoms with Crippen LogP contribution in [0.2, 0.25) is 10.0 Å². The molecule has 2 aromatic rings. The number of halogens is 3. The second-order valence-corrected chi connectivity index (χ2v) is 5.56. The van der Waals surface area contributed by atoms with E-state index in [9.17, 15) is 4.39 Å². The van der Waals surface area contributed by atoms with Gasteiger partial charge >= 0.3 is 0 Å². The van der Waals surface area contributed by atoms with Crippen molar-refractivity contribution >= 4 is 23.2 Å². The maximum atomic E-state index is 13.6. The normalized spacial score (nSPS) is 12.4. The van der Waals surface area contributed by atoms with Crippen LogP contribution < -0.4 is 5.32 Å². The van der Waals surface area contributed by atoms with E-state index in [1.165, 1.54) is 12.1 Å². The van der Waals surface area contributed by atoms with E-state index in [-0.39, 0.29) is 11.9 Å². The molecule has 106 valence electrons. The molecule has 0 aromatic heterocycles. The summed E-state index contributed by atoms with van der Waals surface area (Å²) in [5.41, 5.74) is 2.57. The molecule has 1 nitrogen and oxygen atoms in total. The minimum absolute atomic E-state index is 0.180. The number of nitrogens with one attached hydrogen (secondary N) is 1. The third-order valence-electron chi connectivity index (χ3n) is 3.08. The molecule has 0 aliphatic carbocycles. The Bertz CT molecular complexity index is 593. The topological polar surface area (TPSA) is 12.0 Å². The van der Waals surface area contributed by atoms with Crippen LogP contribution in [0.25, 0.3) is 0 Å². The summed E-state index contributed by atoms with van der Waals surface area (Å²) in [5.74, 6) is -0.249. The molecular weight excluding hydrogens is 296 g/mol. The summed E-state index contributed by atoms with van der Waals surface area (Å²) >= 11 is 12.3. The van der Waals surface area contributed by atoms with Crippen molar-refractivity contribution in [1.29, 1.82) is 0 Å². The third kappa shape index (κ3) is 3.51. The second-order valence-electron chi connectivity index (χ2n) is 4.72. The van der Waals surface area contributed by atoms with Gasteiger partial charge in [-0.1, -0.05) is 36.2 Å². The van der Waals surface area contributed by atoms with E-state index >= 15 is 0 Å². The Morgan fingerprint density at radius 1 is 1.15 bits per heavy atom. The van der Waals surface area contributed by atoms with Crippen molar-refractivity contribution in [2.45, 2.75) is 19.9 Å². The van der Waals surface area contributed by atoms with Gasteiger partial charge in [-0.15, -0.1) is 0 Å². The lowest BCUT2D eigenvalue weighted by atomic mass is 9.97. The average molecular weight is 312 g/mol. The van der Waals surface area contributed by atoms with Crippen LogP contribution in [0.3, 0.4) is 0 Å².